The SMILES string of the molecule is CC(C#N)(Cc1ccncc1)c1c(F)cc(F)cc1F. The summed E-state index contributed by atoms with van der Waals surface area (Å²) >= 11 is 0. The number of hydrogen-bond donors (Lipinski definition) is 0. The first-order chi connectivity index (χ1) is 9.46. The average molecular weight is 276 g/mol. The van der Waals surface area contributed by atoms with Crippen molar-refractivity contribution >= 4 is 0 Å². The van der Waals surface area contributed by atoms with E-state index in [0.29, 0.717) is 17.7 Å². The summed E-state index contributed by atoms with van der Waals surface area (Å²) in [5, 5.41) is 9.33. The molecule has 102 valence electrons. The minimum absolute atomic E-state index is 0.103. The lowest BCUT2D eigenvalue weighted by atomic mass is 9.78. The van der Waals surface area contributed by atoms with Gasteiger partial charge in [-0.05, 0) is 31.0 Å². The van der Waals surface area contributed by atoms with E-state index in [1.807, 2.05) is 6.07 Å². The first kappa shape index (κ1) is 14.1. The molecule has 2 aromatic rings. The molecule has 1 heterocycles. The molecule has 0 aliphatic heterocycles. The van der Waals surface area contributed by atoms with Crippen molar-refractivity contribution in [2.75, 3.05) is 0 Å². The van der Waals surface area contributed by atoms with Crippen LogP contribution >= 0.6 is 0 Å². The van der Waals surface area contributed by atoms with E-state index >= 15 is 0 Å². The van der Waals surface area contributed by atoms with E-state index in [0.717, 1.165) is 0 Å². The van der Waals surface area contributed by atoms with Crippen molar-refractivity contribution in [2.24, 2.45) is 0 Å². The molecule has 0 amide bonds. The van der Waals surface area contributed by atoms with Gasteiger partial charge >= 0.3 is 0 Å². The topological polar surface area (TPSA) is 36.7 Å². The third-order valence-electron chi connectivity index (χ3n) is 3.11. The number of pyridine rings is 1. The maximum atomic E-state index is 13.9. The van der Waals surface area contributed by atoms with Crippen molar-refractivity contribution in [1.82, 2.24) is 4.98 Å². The highest BCUT2D eigenvalue weighted by molar-refractivity contribution is 5.37. The van der Waals surface area contributed by atoms with Crippen LogP contribution in [0.25, 0.3) is 0 Å². The summed E-state index contributed by atoms with van der Waals surface area (Å²) in [6.07, 6.45) is 3.17. The minimum Gasteiger partial charge on any atom is -0.265 e. The third kappa shape index (κ3) is 2.64. The maximum absolute atomic E-state index is 13.9. The summed E-state index contributed by atoms with van der Waals surface area (Å²) in [5.74, 6) is -3.12. The van der Waals surface area contributed by atoms with Crippen molar-refractivity contribution in [1.29, 1.82) is 5.26 Å². The Morgan fingerprint density at radius 2 is 1.70 bits per heavy atom. The van der Waals surface area contributed by atoms with Gasteiger partial charge < -0.3 is 0 Å². The molecule has 0 N–H and O–H groups in total. The summed E-state index contributed by atoms with van der Waals surface area (Å²) in [5.41, 5.74) is -1.13. The first-order valence-electron chi connectivity index (χ1n) is 5.91. The second-order valence-corrected chi connectivity index (χ2v) is 4.72. The summed E-state index contributed by atoms with van der Waals surface area (Å²) < 4.78 is 40.7. The summed E-state index contributed by atoms with van der Waals surface area (Å²) in [6, 6.07) is 6.41. The molecule has 1 aromatic heterocycles. The Bertz CT molecular complexity index is 642. The Morgan fingerprint density at radius 1 is 1.15 bits per heavy atom. The fourth-order valence-corrected chi connectivity index (χ4v) is 2.16. The standard InChI is InChI=1S/C15H11F3N2/c1-15(9-19,8-10-2-4-20-5-3-10)14-12(17)6-11(16)7-13(14)18/h2-7H,8H2,1H3. The number of nitrogens with zero attached hydrogens (tertiary/aromatic N) is 2. The van der Waals surface area contributed by atoms with Crippen LogP contribution < -0.4 is 0 Å². The van der Waals surface area contributed by atoms with Crippen molar-refractivity contribution in [3.63, 3.8) is 0 Å². The van der Waals surface area contributed by atoms with Crippen molar-refractivity contribution in [3.8, 4) is 6.07 Å². The Balaban J connectivity index is 2.50. The lowest BCUT2D eigenvalue weighted by Crippen LogP contribution is -2.26. The summed E-state index contributed by atoms with van der Waals surface area (Å²) in [7, 11) is 0. The van der Waals surface area contributed by atoms with Crippen LogP contribution in [0.15, 0.2) is 36.7 Å². The molecule has 0 spiro atoms. The largest absolute Gasteiger partial charge is 0.265 e. The summed E-state index contributed by atoms with van der Waals surface area (Å²) in [4.78, 5) is 3.84. The predicted octanol–water partition coefficient (Wildman–Crippen LogP) is 3.52. The lowest BCUT2D eigenvalue weighted by Gasteiger charge is -2.23. The van der Waals surface area contributed by atoms with E-state index in [1.165, 1.54) is 19.3 Å². The van der Waals surface area contributed by atoms with Crippen LogP contribution in [0.1, 0.15) is 18.1 Å². The molecule has 2 nitrogen and oxygen atoms in total. The molecule has 5 heteroatoms. The van der Waals surface area contributed by atoms with Gasteiger partial charge in [0.1, 0.15) is 17.5 Å². The Hall–Kier alpha value is -2.35. The van der Waals surface area contributed by atoms with Crippen LogP contribution in [0.5, 0.6) is 0 Å². The van der Waals surface area contributed by atoms with Gasteiger partial charge in [-0.25, -0.2) is 13.2 Å². The van der Waals surface area contributed by atoms with Crippen LogP contribution in [-0.2, 0) is 11.8 Å². The van der Waals surface area contributed by atoms with Gasteiger partial charge in [0, 0.05) is 30.1 Å². The predicted molar refractivity (Wildman–Crippen MR) is 67.2 cm³/mol. The molecule has 0 aliphatic carbocycles. The van der Waals surface area contributed by atoms with Crippen LogP contribution in [0.4, 0.5) is 13.2 Å². The lowest BCUT2D eigenvalue weighted by molar-refractivity contribution is 0.471. The van der Waals surface area contributed by atoms with Crippen LogP contribution in [-0.4, -0.2) is 4.98 Å². The molecule has 1 aromatic carbocycles. The first-order valence-corrected chi connectivity index (χ1v) is 5.91. The minimum atomic E-state index is -1.43. The molecule has 0 fully saturated rings. The van der Waals surface area contributed by atoms with Gasteiger partial charge in [0.05, 0.1) is 11.5 Å². The fraction of sp³-hybridized carbons (Fsp3) is 0.200. The molecule has 0 bridgehead atoms. The van der Waals surface area contributed by atoms with Crippen LogP contribution in [0.2, 0.25) is 0 Å². The summed E-state index contributed by atoms with van der Waals surface area (Å²) in [6.45, 7) is 1.42. The van der Waals surface area contributed by atoms with Crippen molar-refractivity contribution in [3.05, 3.63) is 65.2 Å². The van der Waals surface area contributed by atoms with Crippen LogP contribution in [0.3, 0.4) is 0 Å². The highest BCUT2D eigenvalue weighted by atomic mass is 19.1. The number of hydrogen-bond acceptors (Lipinski definition) is 2. The zero-order chi connectivity index (χ0) is 14.8. The highest BCUT2D eigenvalue weighted by Gasteiger charge is 2.33. The zero-order valence-electron chi connectivity index (χ0n) is 10.7. The van der Waals surface area contributed by atoms with Crippen molar-refractivity contribution in [2.45, 2.75) is 18.8 Å². The normalized spacial score (nSPS) is 13.6. The van der Waals surface area contributed by atoms with Crippen molar-refractivity contribution < 1.29 is 13.2 Å². The van der Waals surface area contributed by atoms with Gasteiger partial charge in [-0.1, -0.05) is 0 Å². The van der Waals surface area contributed by atoms with Crippen LogP contribution in [0, 0.1) is 28.8 Å². The second kappa shape index (κ2) is 5.33. The highest BCUT2D eigenvalue weighted by Crippen LogP contribution is 2.32. The number of aromatic nitrogens is 1. The molecular formula is C15H11F3N2. The fourth-order valence-electron chi connectivity index (χ4n) is 2.16. The van der Waals surface area contributed by atoms with E-state index < -0.39 is 28.4 Å². The number of nitriles is 1. The van der Waals surface area contributed by atoms with Gasteiger partial charge in [0.15, 0.2) is 0 Å². The Morgan fingerprint density at radius 3 is 2.20 bits per heavy atom. The molecule has 1 unspecified atom stereocenters. The zero-order valence-corrected chi connectivity index (χ0v) is 10.7. The monoisotopic (exact) mass is 276 g/mol. The number of halogens is 3. The van der Waals surface area contributed by atoms with Gasteiger partial charge in [-0.2, -0.15) is 5.26 Å². The quantitative estimate of drug-likeness (QED) is 0.860. The molecule has 0 aliphatic rings. The smallest absolute Gasteiger partial charge is 0.133 e. The molecule has 0 radical (unpaired) electrons. The molecule has 20 heavy (non-hydrogen) atoms. The molecular weight excluding hydrogens is 265 g/mol. The Labute approximate surface area is 114 Å². The molecule has 0 saturated heterocycles. The molecule has 0 saturated carbocycles. The molecule has 2 rings (SSSR count). The second-order valence-electron chi connectivity index (χ2n) is 4.72. The average Bonchev–Trinajstić information content (AvgIpc) is 2.38. The van der Waals surface area contributed by atoms with E-state index in [-0.39, 0.29) is 6.42 Å². The number of rotatable bonds is 3. The van der Waals surface area contributed by atoms with Gasteiger partial charge in [0.2, 0.25) is 0 Å². The third-order valence-corrected chi connectivity index (χ3v) is 3.11. The van der Waals surface area contributed by atoms with Gasteiger partial charge in [-0.15, -0.1) is 0 Å². The molecule has 1 atom stereocenters. The Kier molecular flexibility index (Phi) is 3.75. The van der Waals surface area contributed by atoms with E-state index in [4.69, 9.17) is 0 Å². The van der Waals surface area contributed by atoms with Gasteiger partial charge in [-0.3, -0.25) is 4.98 Å². The van der Waals surface area contributed by atoms with E-state index in [9.17, 15) is 18.4 Å². The van der Waals surface area contributed by atoms with E-state index in [2.05, 4.69) is 4.98 Å². The number of benzene rings is 1. The maximum Gasteiger partial charge on any atom is 0.133 e. The van der Waals surface area contributed by atoms with Gasteiger partial charge in [0.25, 0.3) is 0 Å². The van der Waals surface area contributed by atoms with E-state index in [1.54, 1.807) is 12.1 Å².